The third-order valence-corrected chi connectivity index (χ3v) is 3.62. The molecule has 66 valence electrons. The monoisotopic (exact) mass is 166 g/mol. The van der Waals surface area contributed by atoms with Crippen molar-refractivity contribution in [1.29, 1.82) is 0 Å². The summed E-state index contributed by atoms with van der Waals surface area (Å²) in [6.07, 6.45) is 6.46. The predicted octanol–water partition coefficient (Wildman–Crippen LogP) is 1.44. The maximum atomic E-state index is 10.7. The van der Waals surface area contributed by atoms with Gasteiger partial charge in [-0.25, -0.2) is 0 Å². The van der Waals surface area contributed by atoms with E-state index in [1.807, 2.05) is 0 Å². The molecular weight excluding hydrogens is 152 g/mol. The lowest BCUT2D eigenvalue weighted by Gasteiger charge is -2.43. The van der Waals surface area contributed by atoms with Crippen LogP contribution in [-0.2, 0) is 9.59 Å². The van der Waals surface area contributed by atoms with Gasteiger partial charge in [-0.1, -0.05) is 0 Å². The van der Waals surface area contributed by atoms with Crippen molar-refractivity contribution >= 4 is 12.6 Å². The number of carbonyl (C=O) groups is 2. The van der Waals surface area contributed by atoms with Crippen LogP contribution in [0.15, 0.2) is 0 Å². The molecule has 0 aromatic carbocycles. The molecule has 0 amide bonds. The Morgan fingerprint density at radius 3 is 1.50 bits per heavy atom. The summed E-state index contributed by atoms with van der Waals surface area (Å²) in [5.41, 5.74) is 0. The molecule has 2 heteroatoms. The van der Waals surface area contributed by atoms with Crippen LogP contribution in [0.4, 0.5) is 0 Å². The fraction of sp³-hybridized carbons (Fsp3) is 0.800. The van der Waals surface area contributed by atoms with Gasteiger partial charge < -0.3 is 9.59 Å². The summed E-state index contributed by atoms with van der Waals surface area (Å²) in [4.78, 5) is 21.3. The van der Waals surface area contributed by atoms with Crippen LogP contribution in [0.3, 0.4) is 0 Å². The van der Waals surface area contributed by atoms with Gasteiger partial charge in [-0.3, -0.25) is 0 Å². The van der Waals surface area contributed by atoms with Crippen LogP contribution in [0, 0.1) is 23.7 Å². The zero-order chi connectivity index (χ0) is 8.55. The lowest BCUT2D eigenvalue weighted by molar-refractivity contribution is -0.123. The summed E-state index contributed by atoms with van der Waals surface area (Å²) in [6, 6.07) is 0. The topological polar surface area (TPSA) is 34.1 Å². The summed E-state index contributed by atoms with van der Waals surface area (Å²) in [7, 11) is 0. The number of fused-ring (bicyclic) bond motifs is 3. The number of carbonyl (C=O) groups excluding carboxylic acids is 2. The number of hydrogen-bond acceptors (Lipinski definition) is 2. The first kappa shape index (κ1) is 7.96. The fourth-order valence-corrected chi connectivity index (χ4v) is 2.86. The van der Waals surface area contributed by atoms with Crippen molar-refractivity contribution in [3.05, 3.63) is 0 Å². The zero-order valence-electron chi connectivity index (χ0n) is 7.11. The van der Waals surface area contributed by atoms with Gasteiger partial charge in [0, 0.05) is 11.8 Å². The van der Waals surface area contributed by atoms with E-state index >= 15 is 0 Å². The quantitative estimate of drug-likeness (QED) is 0.582. The molecular formula is C10H14O2. The molecule has 0 aromatic rings. The van der Waals surface area contributed by atoms with Gasteiger partial charge in [0.05, 0.1) is 0 Å². The van der Waals surface area contributed by atoms with Gasteiger partial charge in [0.2, 0.25) is 0 Å². The molecule has 4 atom stereocenters. The molecule has 3 aliphatic rings. The van der Waals surface area contributed by atoms with E-state index in [-0.39, 0.29) is 11.8 Å². The zero-order valence-corrected chi connectivity index (χ0v) is 7.11. The van der Waals surface area contributed by atoms with Crippen LogP contribution in [0.2, 0.25) is 0 Å². The molecule has 0 spiro atoms. The van der Waals surface area contributed by atoms with Crippen molar-refractivity contribution in [2.45, 2.75) is 25.7 Å². The van der Waals surface area contributed by atoms with Gasteiger partial charge >= 0.3 is 0 Å². The molecule has 2 bridgehead atoms. The molecule has 0 N–H and O–H groups in total. The maximum Gasteiger partial charge on any atom is 0.123 e. The van der Waals surface area contributed by atoms with Gasteiger partial charge in [0.15, 0.2) is 0 Å². The third kappa shape index (κ3) is 1.10. The van der Waals surface area contributed by atoms with Crippen LogP contribution in [0.5, 0.6) is 0 Å². The van der Waals surface area contributed by atoms with Crippen molar-refractivity contribution in [3.8, 4) is 0 Å². The summed E-state index contributed by atoms with van der Waals surface area (Å²) in [5, 5.41) is 0. The Bertz CT molecular complexity index is 178. The van der Waals surface area contributed by atoms with Crippen LogP contribution in [-0.4, -0.2) is 12.6 Å². The summed E-state index contributed by atoms with van der Waals surface area (Å²) in [6.45, 7) is 0. The third-order valence-electron chi connectivity index (χ3n) is 3.62. The Morgan fingerprint density at radius 1 is 0.833 bits per heavy atom. The van der Waals surface area contributed by atoms with Gasteiger partial charge in [-0.2, -0.15) is 0 Å². The summed E-state index contributed by atoms with van der Waals surface area (Å²) >= 11 is 0. The summed E-state index contributed by atoms with van der Waals surface area (Å²) < 4.78 is 0. The van der Waals surface area contributed by atoms with E-state index in [1.165, 1.54) is 12.8 Å². The van der Waals surface area contributed by atoms with Crippen molar-refractivity contribution in [2.24, 2.45) is 23.7 Å². The van der Waals surface area contributed by atoms with E-state index in [2.05, 4.69) is 0 Å². The van der Waals surface area contributed by atoms with E-state index in [0.29, 0.717) is 11.8 Å². The molecule has 3 fully saturated rings. The minimum Gasteiger partial charge on any atom is -0.303 e. The maximum absolute atomic E-state index is 10.7. The predicted molar refractivity (Wildman–Crippen MR) is 44.6 cm³/mol. The molecule has 3 saturated carbocycles. The fourth-order valence-electron chi connectivity index (χ4n) is 2.86. The minimum atomic E-state index is 0.264. The molecule has 0 radical (unpaired) electrons. The second-order valence-electron chi connectivity index (χ2n) is 4.17. The van der Waals surface area contributed by atoms with Gasteiger partial charge in [0.1, 0.15) is 12.6 Å². The highest BCUT2D eigenvalue weighted by Crippen LogP contribution is 2.46. The Kier molecular flexibility index (Phi) is 1.99. The van der Waals surface area contributed by atoms with Crippen LogP contribution >= 0.6 is 0 Å². The Balaban J connectivity index is 2.10. The molecule has 3 rings (SSSR count). The smallest absolute Gasteiger partial charge is 0.123 e. The molecule has 4 unspecified atom stereocenters. The average molecular weight is 166 g/mol. The Hall–Kier alpha value is -0.660. The van der Waals surface area contributed by atoms with E-state index in [1.54, 1.807) is 0 Å². The van der Waals surface area contributed by atoms with E-state index in [0.717, 1.165) is 25.4 Å². The molecule has 0 aliphatic heterocycles. The first-order chi connectivity index (χ1) is 5.85. The number of hydrogen-bond donors (Lipinski definition) is 0. The number of rotatable bonds is 2. The molecule has 0 saturated heterocycles. The molecule has 0 aromatic heterocycles. The van der Waals surface area contributed by atoms with Crippen molar-refractivity contribution < 1.29 is 9.59 Å². The SMILES string of the molecule is O=CC1CC2CCC1CC2C=O. The normalized spacial score (nSPS) is 45.7. The van der Waals surface area contributed by atoms with Gasteiger partial charge in [-0.15, -0.1) is 0 Å². The van der Waals surface area contributed by atoms with Crippen molar-refractivity contribution in [3.63, 3.8) is 0 Å². The highest BCUT2D eigenvalue weighted by atomic mass is 16.1. The standard InChI is InChI=1S/C10H14O2/c11-5-9-4-8-2-1-7(9)3-10(8)6-12/h5-10H,1-4H2. The largest absolute Gasteiger partial charge is 0.303 e. The van der Waals surface area contributed by atoms with Gasteiger partial charge in [0.25, 0.3) is 0 Å². The molecule has 3 aliphatic carbocycles. The first-order valence-electron chi connectivity index (χ1n) is 4.75. The van der Waals surface area contributed by atoms with E-state index in [9.17, 15) is 9.59 Å². The molecule has 12 heavy (non-hydrogen) atoms. The second-order valence-corrected chi connectivity index (χ2v) is 4.17. The highest BCUT2D eigenvalue weighted by molar-refractivity contribution is 5.58. The van der Waals surface area contributed by atoms with E-state index < -0.39 is 0 Å². The van der Waals surface area contributed by atoms with Crippen molar-refractivity contribution in [2.75, 3.05) is 0 Å². The first-order valence-corrected chi connectivity index (χ1v) is 4.75. The highest BCUT2D eigenvalue weighted by Gasteiger charge is 2.41. The number of aldehydes is 2. The Labute approximate surface area is 72.3 Å². The lowest BCUT2D eigenvalue weighted by atomic mass is 9.60. The summed E-state index contributed by atoms with van der Waals surface area (Å²) in [5.74, 6) is 1.56. The van der Waals surface area contributed by atoms with Crippen LogP contribution in [0.1, 0.15) is 25.7 Å². The van der Waals surface area contributed by atoms with Crippen LogP contribution < -0.4 is 0 Å². The second kappa shape index (κ2) is 3.00. The lowest BCUT2D eigenvalue weighted by Crippen LogP contribution is -2.38. The van der Waals surface area contributed by atoms with Crippen LogP contribution in [0.25, 0.3) is 0 Å². The molecule has 0 heterocycles. The Morgan fingerprint density at radius 2 is 1.25 bits per heavy atom. The minimum absolute atomic E-state index is 0.264. The van der Waals surface area contributed by atoms with Gasteiger partial charge in [-0.05, 0) is 37.5 Å². The average Bonchev–Trinajstić information content (AvgIpc) is 2.18. The van der Waals surface area contributed by atoms with Crippen molar-refractivity contribution in [1.82, 2.24) is 0 Å². The molecule has 2 nitrogen and oxygen atoms in total. The van der Waals surface area contributed by atoms with E-state index in [4.69, 9.17) is 0 Å².